The number of hydrogen-bond acceptors (Lipinski definition) is 6. The first kappa shape index (κ1) is 21.1. The van der Waals surface area contributed by atoms with Crippen LogP contribution in [0.2, 0.25) is 0 Å². The van der Waals surface area contributed by atoms with Gasteiger partial charge in [0.1, 0.15) is 0 Å². The summed E-state index contributed by atoms with van der Waals surface area (Å²) in [5, 5.41) is 7.37. The third kappa shape index (κ3) is 4.28. The van der Waals surface area contributed by atoms with Crippen LogP contribution < -0.4 is 10.6 Å². The predicted octanol–water partition coefficient (Wildman–Crippen LogP) is 4.07. The van der Waals surface area contributed by atoms with Crippen LogP contribution in [0.4, 0.5) is 4.79 Å². The zero-order valence-corrected chi connectivity index (χ0v) is 18.9. The third-order valence-electron chi connectivity index (χ3n) is 7.08. The molecule has 4 fully saturated rings. The van der Waals surface area contributed by atoms with Gasteiger partial charge in [-0.05, 0) is 86.8 Å². The molecule has 2 N–H and O–H groups in total. The van der Waals surface area contributed by atoms with Crippen molar-refractivity contribution < 1.29 is 19.1 Å². The summed E-state index contributed by atoms with van der Waals surface area (Å²) < 4.78 is 5.13. The van der Waals surface area contributed by atoms with Crippen LogP contribution in [0.3, 0.4) is 0 Å². The molecule has 0 atom stereocenters. The molecule has 32 heavy (non-hydrogen) atoms. The van der Waals surface area contributed by atoms with Crippen LogP contribution in [0, 0.1) is 24.7 Å². The van der Waals surface area contributed by atoms with Gasteiger partial charge in [-0.3, -0.25) is 15.1 Å². The number of thiophene rings is 1. The van der Waals surface area contributed by atoms with Gasteiger partial charge in [0.05, 0.1) is 21.8 Å². The molecule has 0 radical (unpaired) electrons. The van der Waals surface area contributed by atoms with E-state index < -0.39 is 24.5 Å². The minimum atomic E-state index is -0.638. The van der Waals surface area contributed by atoms with Gasteiger partial charge in [0.25, 0.3) is 5.91 Å². The number of carbonyl (C=O) groups excluding carboxylic acids is 3. The molecule has 0 spiro atoms. The first-order valence-electron chi connectivity index (χ1n) is 11.2. The van der Waals surface area contributed by atoms with E-state index in [0.717, 1.165) is 29.8 Å². The largest absolute Gasteiger partial charge is 0.452 e. The number of carbonyl (C=O) groups is 3. The molecule has 168 valence electrons. The first-order valence-corrected chi connectivity index (χ1v) is 12.1. The number of nitrogens with zero attached hydrogens (tertiary/aromatic N) is 1. The van der Waals surface area contributed by atoms with E-state index in [1.54, 1.807) is 30.4 Å². The number of amides is 3. The number of aryl methyl sites for hydroxylation is 1. The van der Waals surface area contributed by atoms with Crippen LogP contribution in [0.15, 0.2) is 29.6 Å². The molecule has 2 heterocycles. The molecule has 6 rings (SSSR count). The summed E-state index contributed by atoms with van der Waals surface area (Å²) in [5.74, 6) is 0.814. The summed E-state index contributed by atoms with van der Waals surface area (Å²) in [6, 6.07) is 6.82. The number of urea groups is 1. The number of pyridine rings is 1. The standard InChI is InChI=1S/C24H27N3O4S/c1-14-18(4-5-19(25-14)20-3-2-6-32-20)22(29)31-13-21(28)26-23(30)27-24-10-15-7-16(11-24)9-17(8-15)12-24/h2-6,15-17H,7-13H2,1H3,(H2,26,27,28,30). The zero-order valence-electron chi connectivity index (χ0n) is 18.1. The number of nitrogens with one attached hydrogen (secondary N) is 2. The Labute approximate surface area is 191 Å². The average Bonchev–Trinajstić information content (AvgIpc) is 3.25. The van der Waals surface area contributed by atoms with Crippen molar-refractivity contribution in [3.05, 3.63) is 40.9 Å². The molecule has 2 aromatic heterocycles. The van der Waals surface area contributed by atoms with E-state index in [4.69, 9.17) is 4.74 Å². The van der Waals surface area contributed by atoms with E-state index in [-0.39, 0.29) is 5.54 Å². The van der Waals surface area contributed by atoms with E-state index in [2.05, 4.69) is 15.6 Å². The Bertz CT molecular complexity index is 1010. The van der Waals surface area contributed by atoms with Crippen molar-refractivity contribution in [2.24, 2.45) is 17.8 Å². The Morgan fingerprint density at radius 2 is 1.78 bits per heavy atom. The van der Waals surface area contributed by atoms with E-state index in [1.165, 1.54) is 19.3 Å². The summed E-state index contributed by atoms with van der Waals surface area (Å²) >= 11 is 1.57. The van der Waals surface area contributed by atoms with Crippen molar-refractivity contribution in [1.29, 1.82) is 0 Å². The fraction of sp³-hybridized carbons (Fsp3) is 0.500. The second kappa shape index (κ2) is 8.31. The van der Waals surface area contributed by atoms with E-state index in [0.29, 0.717) is 29.0 Å². The normalized spacial score (nSPS) is 27.7. The zero-order chi connectivity index (χ0) is 22.3. The molecule has 4 bridgehead atoms. The van der Waals surface area contributed by atoms with Crippen LogP contribution in [0.25, 0.3) is 10.6 Å². The highest BCUT2D eigenvalue weighted by molar-refractivity contribution is 7.13. The van der Waals surface area contributed by atoms with E-state index in [1.807, 2.05) is 17.5 Å². The molecular formula is C24H27N3O4S. The molecular weight excluding hydrogens is 426 g/mol. The van der Waals surface area contributed by atoms with Crippen LogP contribution in [0.1, 0.15) is 54.6 Å². The van der Waals surface area contributed by atoms with Gasteiger partial charge in [0.15, 0.2) is 6.61 Å². The molecule has 7 nitrogen and oxygen atoms in total. The SMILES string of the molecule is Cc1nc(-c2cccs2)ccc1C(=O)OCC(=O)NC(=O)NC12CC3CC(CC(C3)C1)C2. The average molecular weight is 454 g/mol. The summed E-state index contributed by atoms with van der Waals surface area (Å²) in [5.41, 5.74) is 1.44. The second-order valence-electron chi connectivity index (χ2n) is 9.58. The highest BCUT2D eigenvalue weighted by Gasteiger charge is 2.51. The molecule has 2 aromatic rings. The number of hydrogen-bond donors (Lipinski definition) is 2. The van der Waals surface area contributed by atoms with Crippen molar-refractivity contribution in [3.8, 4) is 10.6 Å². The Kier molecular flexibility index (Phi) is 5.49. The van der Waals surface area contributed by atoms with Gasteiger partial charge >= 0.3 is 12.0 Å². The third-order valence-corrected chi connectivity index (χ3v) is 7.98. The van der Waals surface area contributed by atoms with E-state index >= 15 is 0 Å². The molecule has 8 heteroatoms. The topological polar surface area (TPSA) is 97.4 Å². The monoisotopic (exact) mass is 453 g/mol. The molecule has 0 aromatic carbocycles. The van der Waals surface area contributed by atoms with Crippen molar-refractivity contribution in [2.75, 3.05) is 6.61 Å². The van der Waals surface area contributed by atoms with Gasteiger partial charge in [0, 0.05) is 5.54 Å². The fourth-order valence-corrected chi connectivity index (χ4v) is 6.94. The quantitative estimate of drug-likeness (QED) is 0.665. The summed E-state index contributed by atoms with van der Waals surface area (Å²) in [7, 11) is 0. The Morgan fingerprint density at radius 3 is 2.38 bits per heavy atom. The molecule has 4 aliphatic rings. The number of esters is 1. The second-order valence-corrected chi connectivity index (χ2v) is 10.5. The lowest BCUT2D eigenvalue weighted by atomic mass is 9.53. The Hall–Kier alpha value is -2.74. The number of ether oxygens (including phenoxy) is 1. The highest BCUT2D eigenvalue weighted by atomic mass is 32.1. The lowest BCUT2D eigenvalue weighted by molar-refractivity contribution is -0.123. The van der Waals surface area contributed by atoms with Crippen molar-refractivity contribution in [1.82, 2.24) is 15.6 Å². The van der Waals surface area contributed by atoms with Crippen molar-refractivity contribution >= 4 is 29.2 Å². The Balaban J connectivity index is 1.12. The van der Waals surface area contributed by atoms with E-state index in [9.17, 15) is 14.4 Å². The lowest BCUT2D eigenvalue weighted by Crippen LogP contribution is -2.62. The molecule has 4 saturated carbocycles. The van der Waals surface area contributed by atoms with Gasteiger partial charge in [0.2, 0.25) is 0 Å². The number of rotatable bonds is 5. The molecule has 0 saturated heterocycles. The highest BCUT2D eigenvalue weighted by Crippen LogP contribution is 2.55. The Morgan fingerprint density at radius 1 is 1.09 bits per heavy atom. The maximum atomic E-state index is 12.5. The van der Waals surface area contributed by atoms with Crippen molar-refractivity contribution in [3.63, 3.8) is 0 Å². The molecule has 4 aliphatic carbocycles. The molecule has 3 amide bonds. The smallest absolute Gasteiger partial charge is 0.340 e. The first-order chi connectivity index (χ1) is 15.4. The van der Waals surface area contributed by atoms with Gasteiger partial charge in [-0.15, -0.1) is 11.3 Å². The predicted molar refractivity (Wildman–Crippen MR) is 120 cm³/mol. The minimum absolute atomic E-state index is 0.178. The summed E-state index contributed by atoms with van der Waals surface area (Å²) in [6.45, 7) is 1.21. The fourth-order valence-electron chi connectivity index (χ4n) is 6.25. The van der Waals surface area contributed by atoms with Gasteiger partial charge < -0.3 is 10.1 Å². The van der Waals surface area contributed by atoms with Crippen molar-refractivity contribution in [2.45, 2.75) is 51.0 Å². The van der Waals surface area contributed by atoms with Crippen LogP contribution in [-0.2, 0) is 9.53 Å². The number of imide groups is 1. The van der Waals surface area contributed by atoms with Gasteiger partial charge in [-0.25, -0.2) is 9.59 Å². The van der Waals surface area contributed by atoms with Crippen LogP contribution >= 0.6 is 11.3 Å². The summed E-state index contributed by atoms with van der Waals surface area (Å²) in [4.78, 5) is 42.6. The lowest BCUT2D eigenvalue weighted by Gasteiger charge is -2.56. The molecule has 0 aliphatic heterocycles. The van der Waals surface area contributed by atoms with Crippen LogP contribution in [-0.4, -0.2) is 35.0 Å². The maximum absolute atomic E-state index is 12.5. The van der Waals surface area contributed by atoms with Gasteiger partial charge in [-0.1, -0.05) is 6.07 Å². The minimum Gasteiger partial charge on any atom is -0.452 e. The maximum Gasteiger partial charge on any atom is 0.340 e. The summed E-state index contributed by atoms with van der Waals surface area (Å²) in [6.07, 6.45) is 6.84. The van der Waals surface area contributed by atoms with Crippen LogP contribution in [0.5, 0.6) is 0 Å². The number of aromatic nitrogens is 1. The molecule has 0 unspecified atom stereocenters. The van der Waals surface area contributed by atoms with Gasteiger partial charge in [-0.2, -0.15) is 0 Å².